The number of aliphatic hydroxyl groups excluding tert-OH is 3. The lowest BCUT2D eigenvalue weighted by Crippen LogP contribution is -2.22. The molecule has 0 aliphatic heterocycles. The highest BCUT2D eigenvalue weighted by Crippen LogP contribution is 2.07. The van der Waals surface area contributed by atoms with Crippen LogP contribution >= 0.6 is 11.8 Å². The molecule has 3 atom stereocenters. The van der Waals surface area contributed by atoms with E-state index in [-0.39, 0.29) is 6.61 Å². The number of ether oxygens (including phenoxy) is 1. The van der Waals surface area contributed by atoms with E-state index in [0.717, 1.165) is 6.42 Å². The van der Waals surface area contributed by atoms with Gasteiger partial charge < -0.3 is 20.1 Å². The van der Waals surface area contributed by atoms with E-state index in [2.05, 4.69) is 13.8 Å². The predicted octanol–water partition coefficient (Wildman–Crippen LogP) is 0.496. The Morgan fingerprint density at radius 2 is 1.75 bits per heavy atom. The summed E-state index contributed by atoms with van der Waals surface area (Å²) in [6, 6.07) is 0. The molecule has 0 bridgehead atoms. The average molecular weight is 252 g/mol. The summed E-state index contributed by atoms with van der Waals surface area (Å²) in [6.45, 7) is 5.01. The van der Waals surface area contributed by atoms with Gasteiger partial charge in [-0.3, -0.25) is 0 Å². The minimum atomic E-state index is -0.696. The summed E-state index contributed by atoms with van der Waals surface area (Å²) in [5.74, 6) is 1.49. The summed E-state index contributed by atoms with van der Waals surface area (Å²) in [7, 11) is 0. The van der Waals surface area contributed by atoms with Gasteiger partial charge in [-0.1, -0.05) is 20.3 Å². The zero-order valence-corrected chi connectivity index (χ0v) is 10.9. The van der Waals surface area contributed by atoms with E-state index >= 15 is 0 Å². The number of hydrogen-bond acceptors (Lipinski definition) is 5. The summed E-state index contributed by atoms with van der Waals surface area (Å²) in [5, 5.41) is 27.2. The molecule has 0 aromatic heterocycles. The molecule has 0 saturated heterocycles. The highest BCUT2D eigenvalue weighted by Gasteiger charge is 2.08. The van der Waals surface area contributed by atoms with Crippen molar-refractivity contribution in [3.8, 4) is 0 Å². The molecule has 0 fully saturated rings. The van der Waals surface area contributed by atoms with Gasteiger partial charge in [0, 0.05) is 18.1 Å². The molecule has 0 radical (unpaired) electrons. The van der Waals surface area contributed by atoms with Crippen LogP contribution < -0.4 is 0 Å². The van der Waals surface area contributed by atoms with Crippen LogP contribution in [0.2, 0.25) is 0 Å². The molecule has 3 unspecified atom stereocenters. The molecular weight excluding hydrogens is 228 g/mol. The van der Waals surface area contributed by atoms with Gasteiger partial charge in [0.25, 0.3) is 0 Å². The molecule has 3 N–H and O–H groups in total. The molecule has 16 heavy (non-hydrogen) atoms. The van der Waals surface area contributed by atoms with Gasteiger partial charge in [-0.05, 0) is 5.92 Å². The summed E-state index contributed by atoms with van der Waals surface area (Å²) < 4.78 is 5.36. The Morgan fingerprint density at radius 1 is 1.12 bits per heavy atom. The van der Waals surface area contributed by atoms with E-state index in [1.165, 1.54) is 11.8 Å². The Bertz CT molecular complexity index is 141. The van der Waals surface area contributed by atoms with Crippen LogP contribution in [-0.2, 0) is 4.74 Å². The first-order valence-electron chi connectivity index (χ1n) is 5.72. The Kier molecular flexibility index (Phi) is 10.5. The molecule has 0 aromatic rings. The van der Waals surface area contributed by atoms with Crippen LogP contribution in [0.25, 0.3) is 0 Å². The quantitative estimate of drug-likeness (QED) is 0.528. The molecular formula is C11H24O4S. The molecule has 4 nitrogen and oxygen atoms in total. The maximum Gasteiger partial charge on any atom is 0.0863 e. The molecule has 0 amide bonds. The molecule has 98 valence electrons. The monoisotopic (exact) mass is 252 g/mol. The summed E-state index contributed by atoms with van der Waals surface area (Å²) in [5.41, 5.74) is 0. The van der Waals surface area contributed by atoms with Crippen molar-refractivity contribution in [3.63, 3.8) is 0 Å². The van der Waals surface area contributed by atoms with Crippen molar-refractivity contribution in [2.75, 3.05) is 31.3 Å². The number of hydrogen-bond donors (Lipinski definition) is 3. The third-order valence-electron chi connectivity index (χ3n) is 2.24. The second-order valence-electron chi connectivity index (χ2n) is 4.08. The van der Waals surface area contributed by atoms with E-state index in [1.54, 1.807) is 0 Å². The Balaban J connectivity index is 3.34. The van der Waals surface area contributed by atoms with Crippen LogP contribution in [0.1, 0.15) is 20.3 Å². The lowest BCUT2D eigenvalue weighted by atomic mass is 10.1. The molecule has 0 aliphatic carbocycles. The van der Waals surface area contributed by atoms with Gasteiger partial charge in [-0.25, -0.2) is 0 Å². The van der Waals surface area contributed by atoms with E-state index in [4.69, 9.17) is 14.9 Å². The van der Waals surface area contributed by atoms with Crippen LogP contribution in [0.5, 0.6) is 0 Å². The normalized spacial score (nSPS) is 17.1. The van der Waals surface area contributed by atoms with Gasteiger partial charge in [0.1, 0.15) is 0 Å². The van der Waals surface area contributed by atoms with Crippen molar-refractivity contribution in [1.29, 1.82) is 0 Å². The standard InChI is InChI=1S/C11H24O4S/c1-3-9(2)5-15-6-11(14)8-16-7-10(13)4-12/h9-14H,3-8H2,1-2H3. The average Bonchev–Trinajstić information content (AvgIpc) is 2.28. The summed E-state index contributed by atoms with van der Waals surface area (Å²) in [6.07, 6.45) is -0.119. The fourth-order valence-corrected chi connectivity index (χ4v) is 1.85. The first-order chi connectivity index (χ1) is 7.60. The van der Waals surface area contributed by atoms with Crippen molar-refractivity contribution in [3.05, 3.63) is 0 Å². The fraction of sp³-hybridized carbons (Fsp3) is 1.00. The van der Waals surface area contributed by atoms with Crippen LogP contribution in [0.4, 0.5) is 0 Å². The summed E-state index contributed by atoms with van der Waals surface area (Å²) in [4.78, 5) is 0. The zero-order valence-electron chi connectivity index (χ0n) is 10.1. The van der Waals surface area contributed by atoms with Crippen molar-refractivity contribution in [2.24, 2.45) is 5.92 Å². The van der Waals surface area contributed by atoms with Crippen molar-refractivity contribution in [1.82, 2.24) is 0 Å². The maximum absolute atomic E-state index is 9.53. The zero-order chi connectivity index (χ0) is 12.4. The van der Waals surface area contributed by atoms with Gasteiger partial charge in [-0.15, -0.1) is 0 Å². The van der Waals surface area contributed by atoms with Gasteiger partial charge in [-0.2, -0.15) is 11.8 Å². The topological polar surface area (TPSA) is 69.9 Å². The maximum atomic E-state index is 9.53. The minimum absolute atomic E-state index is 0.229. The number of rotatable bonds is 10. The largest absolute Gasteiger partial charge is 0.394 e. The Hall–Kier alpha value is 0.190. The number of thioether (sulfide) groups is 1. The molecule has 0 saturated carbocycles. The predicted molar refractivity (Wildman–Crippen MR) is 66.7 cm³/mol. The molecule has 0 spiro atoms. The minimum Gasteiger partial charge on any atom is -0.394 e. The first kappa shape index (κ1) is 16.2. The van der Waals surface area contributed by atoms with Gasteiger partial charge >= 0.3 is 0 Å². The van der Waals surface area contributed by atoms with Gasteiger partial charge in [0.15, 0.2) is 0 Å². The first-order valence-corrected chi connectivity index (χ1v) is 6.88. The lowest BCUT2D eigenvalue weighted by molar-refractivity contribution is 0.0333. The Morgan fingerprint density at radius 3 is 2.31 bits per heavy atom. The second kappa shape index (κ2) is 10.4. The third-order valence-corrected chi connectivity index (χ3v) is 3.48. The van der Waals surface area contributed by atoms with Gasteiger partial charge in [0.2, 0.25) is 0 Å². The smallest absolute Gasteiger partial charge is 0.0863 e. The summed E-state index contributed by atoms with van der Waals surface area (Å²) >= 11 is 1.42. The van der Waals surface area contributed by atoms with E-state index in [0.29, 0.717) is 30.6 Å². The van der Waals surface area contributed by atoms with Crippen LogP contribution in [0, 0.1) is 5.92 Å². The molecule has 0 aliphatic rings. The third kappa shape index (κ3) is 9.42. The fourth-order valence-electron chi connectivity index (χ4n) is 0.964. The Labute approximate surface area is 102 Å². The van der Waals surface area contributed by atoms with E-state index in [1.807, 2.05) is 0 Å². The van der Waals surface area contributed by atoms with Crippen LogP contribution in [0.15, 0.2) is 0 Å². The van der Waals surface area contributed by atoms with Crippen molar-refractivity contribution >= 4 is 11.8 Å². The highest BCUT2D eigenvalue weighted by molar-refractivity contribution is 7.99. The molecule has 0 heterocycles. The van der Waals surface area contributed by atoms with Crippen LogP contribution in [-0.4, -0.2) is 58.9 Å². The van der Waals surface area contributed by atoms with Gasteiger partial charge in [0.05, 0.1) is 25.4 Å². The number of aliphatic hydroxyl groups is 3. The highest BCUT2D eigenvalue weighted by atomic mass is 32.2. The lowest BCUT2D eigenvalue weighted by Gasteiger charge is -2.14. The molecule has 0 aromatic carbocycles. The van der Waals surface area contributed by atoms with E-state index in [9.17, 15) is 5.11 Å². The molecule has 5 heteroatoms. The van der Waals surface area contributed by atoms with Crippen molar-refractivity contribution < 1.29 is 20.1 Å². The van der Waals surface area contributed by atoms with E-state index < -0.39 is 12.2 Å². The molecule has 0 rings (SSSR count). The van der Waals surface area contributed by atoms with Crippen molar-refractivity contribution in [2.45, 2.75) is 32.5 Å². The SMILES string of the molecule is CCC(C)COCC(O)CSCC(O)CO. The van der Waals surface area contributed by atoms with Crippen LogP contribution in [0.3, 0.4) is 0 Å². The second-order valence-corrected chi connectivity index (χ2v) is 5.15.